The standard InChI is InChI=1S/C22H18BrCl2N5O/c1-12-8-15(14(3)30(12)19-9-17(24)5-6-18(19)25)10-26-28-22(31)21-13(2)27-20-7-4-16(23)11-29(20)21/h4-11H,1-3H3,(H,28,31). The van der Waals surface area contributed by atoms with Crippen LogP contribution in [0.25, 0.3) is 11.3 Å². The average Bonchev–Trinajstić information content (AvgIpc) is 3.18. The van der Waals surface area contributed by atoms with Gasteiger partial charge < -0.3 is 4.57 Å². The van der Waals surface area contributed by atoms with Crippen LogP contribution in [0, 0.1) is 20.8 Å². The highest BCUT2D eigenvalue weighted by Crippen LogP contribution is 2.28. The molecule has 0 atom stereocenters. The Labute approximate surface area is 197 Å². The molecule has 158 valence electrons. The smallest absolute Gasteiger partial charge is 0.290 e. The number of benzene rings is 1. The molecule has 1 N–H and O–H groups in total. The Kier molecular flexibility index (Phi) is 5.92. The number of imidazole rings is 1. The van der Waals surface area contributed by atoms with Gasteiger partial charge in [-0.2, -0.15) is 5.10 Å². The third kappa shape index (κ3) is 4.13. The van der Waals surface area contributed by atoms with E-state index in [1.807, 2.05) is 42.7 Å². The van der Waals surface area contributed by atoms with Crippen LogP contribution in [0.1, 0.15) is 33.1 Å². The van der Waals surface area contributed by atoms with Crippen LogP contribution in [0.4, 0.5) is 0 Å². The van der Waals surface area contributed by atoms with Crippen LogP contribution < -0.4 is 5.43 Å². The van der Waals surface area contributed by atoms with Gasteiger partial charge in [0.25, 0.3) is 5.91 Å². The number of pyridine rings is 1. The van der Waals surface area contributed by atoms with E-state index in [0.29, 0.717) is 27.1 Å². The Morgan fingerprint density at radius 2 is 1.94 bits per heavy atom. The van der Waals surface area contributed by atoms with Crippen molar-refractivity contribution in [2.75, 3.05) is 0 Å². The topological polar surface area (TPSA) is 63.7 Å². The molecule has 3 heterocycles. The highest BCUT2D eigenvalue weighted by molar-refractivity contribution is 9.10. The molecular formula is C22H18BrCl2N5O. The second-order valence-electron chi connectivity index (χ2n) is 7.08. The van der Waals surface area contributed by atoms with Crippen molar-refractivity contribution in [3.8, 4) is 5.69 Å². The molecule has 4 rings (SSSR count). The summed E-state index contributed by atoms with van der Waals surface area (Å²) in [7, 11) is 0. The number of hydrogen-bond acceptors (Lipinski definition) is 3. The van der Waals surface area contributed by atoms with Crippen molar-refractivity contribution in [3.05, 3.63) is 85.5 Å². The van der Waals surface area contributed by atoms with Gasteiger partial charge in [-0.15, -0.1) is 0 Å². The van der Waals surface area contributed by atoms with Gasteiger partial charge >= 0.3 is 0 Å². The summed E-state index contributed by atoms with van der Waals surface area (Å²) < 4.78 is 4.59. The molecule has 4 aromatic rings. The van der Waals surface area contributed by atoms with Crippen LogP contribution in [0.3, 0.4) is 0 Å². The molecule has 0 saturated carbocycles. The number of nitrogens with zero attached hydrogens (tertiary/aromatic N) is 4. The van der Waals surface area contributed by atoms with E-state index in [9.17, 15) is 4.79 Å². The van der Waals surface area contributed by atoms with E-state index in [1.165, 1.54) is 0 Å². The molecule has 0 aliphatic carbocycles. The van der Waals surface area contributed by atoms with E-state index >= 15 is 0 Å². The number of carbonyl (C=O) groups excluding carboxylic acids is 1. The van der Waals surface area contributed by atoms with Gasteiger partial charge in [0.15, 0.2) is 0 Å². The predicted molar refractivity (Wildman–Crippen MR) is 128 cm³/mol. The summed E-state index contributed by atoms with van der Waals surface area (Å²) in [5.74, 6) is -0.342. The number of aryl methyl sites for hydroxylation is 2. The average molecular weight is 519 g/mol. The largest absolute Gasteiger partial charge is 0.316 e. The second kappa shape index (κ2) is 8.49. The third-order valence-corrected chi connectivity index (χ3v) is 5.98. The Hall–Kier alpha value is -2.61. The lowest BCUT2D eigenvalue weighted by Crippen LogP contribution is -2.20. The number of halogens is 3. The van der Waals surface area contributed by atoms with E-state index in [4.69, 9.17) is 23.2 Å². The fourth-order valence-electron chi connectivity index (χ4n) is 3.57. The van der Waals surface area contributed by atoms with Gasteiger partial charge in [-0.05, 0) is 73.1 Å². The molecule has 0 saturated heterocycles. The zero-order valence-corrected chi connectivity index (χ0v) is 20.0. The molecule has 0 spiro atoms. The number of aromatic nitrogens is 3. The fourth-order valence-corrected chi connectivity index (χ4v) is 4.27. The van der Waals surface area contributed by atoms with E-state index in [2.05, 4.69) is 31.4 Å². The number of amides is 1. The van der Waals surface area contributed by atoms with Gasteiger partial charge in [-0.25, -0.2) is 10.4 Å². The number of rotatable bonds is 4. The quantitative estimate of drug-likeness (QED) is 0.270. The molecule has 0 fully saturated rings. The second-order valence-corrected chi connectivity index (χ2v) is 8.84. The van der Waals surface area contributed by atoms with Gasteiger partial charge in [0.05, 0.1) is 22.6 Å². The van der Waals surface area contributed by atoms with Crippen molar-refractivity contribution < 1.29 is 4.79 Å². The first-order valence-electron chi connectivity index (χ1n) is 9.38. The molecule has 1 amide bonds. The minimum absolute atomic E-state index is 0.342. The summed E-state index contributed by atoms with van der Waals surface area (Å²) in [6.45, 7) is 5.72. The Balaban J connectivity index is 1.61. The summed E-state index contributed by atoms with van der Waals surface area (Å²) in [6.07, 6.45) is 3.42. The van der Waals surface area contributed by atoms with Crippen molar-refractivity contribution in [1.29, 1.82) is 0 Å². The number of hydrazone groups is 1. The van der Waals surface area contributed by atoms with Crippen molar-refractivity contribution >= 4 is 56.9 Å². The number of nitrogens with one attached hydrogen (secondary N) is 1. The number of fused-ring (bicyclic) bond motifs is 1. The van der Waals surface area contributed by atoms with E-state index < -0.39 is 0 Å². The van der Waals surface area contributed by atoms with Gasteiger partial charge in [-0.3, -0.25) is 9.20 Å². The van der Waals surface area contributed by atoms with Crippen molar-refractivity contribution in [2.45, 2.75) is 20.8 Å². The third-order valence-electron chi connectivity index (χ3n) is 4.96. The predicted octanol–water partition coefficient (Wildman–Crippen LogP) is 5.88. The minimum Gasteiger partial charge on any atom is -0.316 e. The first-order valence-corrected chi connectivity index (χ1v) is 10.9. The lowest BCUT2D eigenvalue weighted by molar-refractivity contribution is 0.0948. The Morgan fingerprint density at radius 3 is 2.71 bits per heavy atom. The maximum Gasteiger partial charge on any atom is 0.290 e. The van der Waals surface area contributed by atoms with Crippen LogP contribution in [0.5, 0.6) is 0 Å². The maximum absolute atomic E-state index is 12.8. The molecule has 1 aromatic carbocycles. The molecule has 3 aromatic heterocycles. The molecule has 0 aliphatic rings. The zero-order valence-electron chi connectivity index (χ0n) is 16.9. The maximum atomic E-state index is 12.8. The van der Waals surface area contributed by atoms with E-state index in [0.717, 1.165) is 27.1 Å². The molecule has 0 aliphatic heterocycles. The van der Waals surface area contributed by atoms with Gasteiger partial charge in [-0.1, -0.05) is 23.2 Å². The molecule has 31 heavy (non-hydrogen) atoms. The summed E-state index contributed by atoms with van der Waals surface area (Å²) in [5.41, 5.74) is 7.89. The molecular weight excluding hydrogens is 501 g/mol. The lowest BCUT2D eigenvalue weighted by atomic mass is 10.2. The SMILES string of the molecule is Cc1nc2ccc(Br)cn2c1C(=O)NN=Cc1cc(C)n(-c2cc(Cl)ccc2Cl)c1C. The first kappa shape index (κ1) is 21.6. The molecule has 0 unspecified atom stereocenters. The number of carbonyl (C=O) groups is 1. The Morgan fingerprint density at radius 1 is 1.16 bits per heavy atom. The van der Waals surface area contributed by atoms with E-state index in [-0.39, 0.29) is 5.91 Å². The molecule has 9 heteroatoms. The minimum atomic E-state index is -0.342. The van der Waals surface area contributed by atoms with Crippen LogP contribution in [-0.4, -0.2) is 26.1 Å². The first-order chi connectivity index (χ1) is 14.8. The summed E-state index contributed by atoms with van der Waals surface area (Å²) in [5, 5.41) is 5.36. The molecule has 0 radical (unpaired) electrons. The van der Waals surface area contributed by atoms with Crippen LogP contribution in [0.15, 0.2) is 52.2 Å². The van der Waals surface area contributed by atoms with E-state index in [1.54, 1.807) is 35.9 Å². The normalized spacial score (nSPS) is 11.5. The van der Waals surface area contributed by atoms with Crippen LogP contribution in [0.2, 0.25) is 10.0 Å². The van der Waals surface area contributed by atoms with Crippen LogP contribution in [-0.2, 0) is 0 Å². The van der Waals surface area contributed by atoms with Gasteiger partial charge in [0.2, 0.25) is 0 Å². The number of hydrogen-bond donors (Lipinski definition) is 1. The van der Waals surface area contributed by atoms with Gasteiger partial charge in [0, 0.05) is 32.6 Å². The van der Waals surface area contributed by atoms with Crippen LogP contribution >= 0.6 is 39.1 Å². The highest BCUT2D eigenvalue weighted by Gasteiger charge is 2.17. The summed E-state index contributed by atoms with van der Waals surface area (Å²) in [4.78, 5) is 17.2. The van der Waals surface area contributed by atoms with Crippen molar-refractivity contribution in [3.63, 3.8) is 0 Å². The monoisotopic (exact) mass is 517 g/mol. The summed E-state index contributed by atoms with van der Waals surface area (Å²) >= 11 is 16.0. The highest BCUT2D eigenvalue weighted by atomic mass is 79.9. The summed E-state index contributed by atoms with van der Waals surface area (Å²) in [6, 6.07) is 11.0. The van der Waals surface area contributed by atoms with Crippen molar-refractivity contribution in [2.24, 2.45) is 5.10 Å². The fraction of sp³-hybridized carbons (Fsp3) is 0.136. The Bertz CT molecular complexity index is 1360. The zero-order chi connectivity index (χ0) is 22.3. The van der Waals surface area contributed by atoms with Gasteiger partial charge in [0.1, 0.15) is 11.3 Å². The molecule has 0 bridgehead atoms. The lowest BCUT2D eigenvalue weighted by Gasteiger charge is -2.12. The van der Waals surface area contributed by atoms with Crippen molar-refractivity contribution in [1.82, 2.24) is 19.4 Å². The molecule has 6 nitrogen and oxygen atoms in total.